The maximum absolute atomic E-state index is 12.2. The number of carbonyl (C=O) groups excluding carboxylic acids is 2. The highest BCUT2D eigenvalue weighted by Crippen LogP contribution is 2.14. The maximum Gasteiger partial charge on any atom is 0.306 e. The van der Waals surface area contributed by atoms with Gasteiger partial charge < -0.3 is 14.6 Å². The summed E-state index contributed by atoms with van der Waals surface area (Å²) in [4.78, 5) is 24.2. The number of allylic oxidation sites excluding steroid dienone is 8. The second kappa shape index (κ2) is 39.3. The van der Waals surface area contributed by atoms with Crippen molar-refractivity contribution >= 4 is 11.9 Å². The molecule has 1 atom stereocenters. The zero-order valence-corrected chi connectivity index (χ0v) is 31.5. The summed E-state index contributed by atoms with van der Waals surface area (Å²) < 4.78 is 10.6. The summed E-state index contributed by atoms with van der Waals surface area (Å²) >= 11 is 0. The van der Waals surface area contributed by atoms with E-state index in [4.69, 9.17) is 9.47 Å². The number of aliphatic hydroxyl groups is 1. The SMILES string of the molecule is CC/C=C\C/C=C\C/C=C\C/C=C\CCCCCCCCCCCCC(=O)OC(CO)COC(=O)CCCCCCCCCCCCC. The first-order chi connectivity index (χ1) is 23.6. The molecule has 5 heteroatoms. The van der Waals surface area contributed by atoms with Crippen LogP contribution in [0.3, 0.4) is 0 Å². The van der Waals surface area contributed by atoms with Crippen molar-refractivity contribution in [3.63, 3.8) is 0 Å². The van der Waals surface area contributed by atoms with Gasteiger partial charge in [0.05, 0.1) is 6.61 Å². The highest BCUT2D eigenvalue weighted by molar-refractivity contribution is 5.70. The van der Waals surface area contributed by atoms with Gasteiger partial charge in [-0.3, -0.25) is 9.59 Å². The van der Waals surface area contributed by atoms with E-state index in [0.717, 1.165) is 64.2 Å². The van der Waals surface area contributed by atoms with Gasteiger partial charge in [-0.25, -0.2) is 0 Å². The Labute approximate surface area is 297 Å². The van der Waals surface area contributed by atoms with Gasteiger partial charge in [-0.2, -0.15) is 0 Å². The molecule has 0 aliphatic heterocycles. The minimum atomic E-state index is -0.771. The van der Waals surface area contributed by atoms with Crippen molar-refractivity contribution in [2.24, 2.45) is 0 Å². The molecule has 0 aromatic heterocycles. The molecule has 5 nitrogen and oxygen atoms in total. The lowest BCUT2D eigenvalue weighted by molar-refractivity contribution is -0.161. The lowest BCUT2D eigenvalue weighted by Crippen LogP contribution is -2.28. The Morgan fingerprint density at radius 3 is 1.35 bits per heavy atom. The summed E-state index contributed by atoms with van der Waals surface area (Å²) in [6, 6.07) is 0. The number of aliphatic hydroxyl groups excluding tert-OH is 1. The molecule has 0 rings (SSSR count). The minimum absolute atomic E-state index is 0.0659. The van der Waals surface area contributed by atoms with Gasteiger partial charge in [0.25, 0.3) is 0 Å². The molecule has 0 bridgehead atoms. The molecular weight excluding hydrogens is 596 g/mol. The summed E-state index contributed by atoms with van der Waals surface area (Å²) in [5.41, 5.74) is 0. The van der Waals surface area contributed by atoms with Gasteiger partial charge in [0.2, 0.25) is 0 Å². The Hall–Kier alpha value is -2.14. The van der Waals surface area contributed by atoms with E-state index in [1.807, 2.05) is 0 Å². The average molecular weight is 673 g/mol. The van der Waals surface area contributed by atoms with Gasteiger partial charge in [-0.05, 0) is 51.4 Å². The molecule has 0 saturated carbocycles. The fraction of sp³-hybridized carbons (Fsp3) is 0.767. The Balaban J connectivity index is 3.54. The Morgan fingerprint density at radius 2 is 0.896 bits per heavy atom. The van der Waals surface area contributed by atoms with E-state index in [-0.39, 0.29) is 25.2 Å². The van der Waals surface area contributed by atoms with Crippen LogP contribution in [0.25, 0.3) is 0 Å². The Kier molecular flexibility index (Phi) is 37.5. The third kappa shape index (κ3) is 36.7. The van der Waals surface area contributed by atoms with Crippen LogP contribution < -0.4 is 0 Å². The fourth-order valence-corrected chi connectivity index (χ4v) is 5.60. The second-order valence-electron chi connectivity index (χ2n) is 13.3. The van der Waals surface area contributed by atoms with Gasteiger partial charge in [-0.1, -0.05) is 178 Å². The number of ether oxygens (including phenoxy) is 2. The predicted molar refractivity (Wildman–Crippen MR) is 205 cm³/mol. The lowest BCUT2D eigenvalue weighted by atomic mass is 10.0. The molecule has 0 radical (unpaired) electrons. The molecule has 48 heavy (non-hydrogen) atoms. The van der Waals surface area contributed by atoms with Crippen LogP contribution in [0.4, 0.5) is 0 Å². The van der Waals surface area contributed by atoms with Gasteiger partial charge >= 0.3 is 11.9 Å². The van der Waals surface area contributed by atoms with Crippen molar-refractivity contribution in [1.29, 1.82) is 0 Å². The number of rotatable bonds is 36. The summed E-state index contributed by atoms with van der Waals surface area (Å²) in [7, 11) is 0. The summed E-state index contributed by atoms with van der Waals surface area (Å²) in [6.45, 7) is 4.01. The average Bonchev–Trinajstić information content (AvgIpc) is 3.09. The van der Waals surface area contributed by atoms with E-state index in [0.29, 0.717) is 12.8 Å². The lowest BCUT2D eigenvalue weighted by Gasteiger charge is -2.15. The number of esters is 2. The van der Waals surface area contributed by atoms with E-state index in [1.54, 1.807) is 0 Å². The van der Waals surface area contributed by atoms with Gasteiger partial charge in [0.1, 0.15) is 6.61 Å². The molecule has 1 unspecified atom stereocenters. The number of hydrogen-bond donors (Lipinski definition) is 1. The van der Waals surface area contributed by atoms with Crippen molar-refractivity contribution in [1.82, 2.24) is 0 Å². The first kappa shape index (κ1) is 45.9. The summed E-state index contributed by atoms with van der Waals surface area (Å²) in [5.74, 6) is -0.594. The topological polar surface area (TPSA) is 72.8 Å². The van der Waals surface area contributed by atoms with Gasteiger partial charge in [0.15, 0.2) is 6.10 Å². The van der Waals surface area contributed by atoms with Gasteiger partial charge in [-0.15, -0.1) is 0 Å². The standard InChI is InChI=1S/C43H76O5/c1-3-5-7-9-11-13-15-16-17-18-19-20-21-22-23-24-25-26-28-30-32-34-36-38-43(46)48-41(39-44)40-47-42(45)37-35-33-31-29-27-14-12-10-8-6-4-2/h5,7,11,13,16-17,19-20,41,44H,3-4,6,8-10,12,14-15,18,21-40H2,1-2H3/b7-5-,13-11-,17-16-,20-19-. The molecule has 0 amide bonds. The normalized spacial score (nSPS) is 12.6. The van der Waals surface area contributed by atoms with Crippen LogP contribution in [0.5, 0.6) is 0 Å². The molecule has 0 fully saturated rings. The largest absolute Gasteiger partial charge is 0.462 e. The fourth-order valence-electron chi connectivity index (χ4n) is 5.60. The quantitative estimate of drug-likeness (QED) is 0.0407. The zero-order valence-electron chi connectivity index (χ0n) is 31.5. The molecule has 0 saturated heterocycles. The molecule has 0 spiro atoms. The Morgan fingerprint density at radius 1 is 0.500 bits per heavy atom. The zero-order chi connectivity index (χ0) is 35.0. The molecule has 1 N–H and O–H groups in total. The highest BCUT2D eigenvalue weighted by atomic mass is 16.6. The maximum atomic E-state index is 12.2. The molecular formula is C43H76O5. The second-order valence-corrected chi connectivity index (χ2v) is 13.3. The number of carbonyl (C=O) groups is 2. The van der Waals surface area contributed by atoms with Crippen molar-refractivity contribution in [2.75, 3.05) is 13.2 Å². The van der Waals surface area contributed by atoms with Crippen LogP contribution in [-0.4, -0.2) is 36.4 Å². The van der Waals surface area contributed by atoms with Crippen molar-refractivity contribution in [3.05, 3.63) is 48.6 Å². The summed E-state index contributed by atoms with van der Waals surface area (Å²) in [5, 5.41) is 9.55. The van der Waals surface area contributed by atoms with Crippen LogP contribution in [0.15, 0.2) is 48.6 Å². The molecule has 278 valence electrons. The predicted octanol–water partition coefficient (Wildman–Crippen LogP) is 12.6. The van der Waals surface area contributed by atoms with E-state index in [2.05, 4.69) is 62.5 Å². The van der Waals surface area contributed by atoms with Crippen molar-refractivity contribution < 1.29 is 24.2 Å². The summed E-state index contributed by atoms with van der Waals surface area (Å²) in [6.07, 6.45) is 48.9. The van der Waals surface area contributed by atoms with E-state index in [9.17, 15) is 14.7 Å². The van der Waals surface area contributed by atoms with Crippen LogP contribution >= 0.6 is 0 Å². The van der Waals surface area contributed by atoms with Crippen molar-refractivity contribution in [3.8, 4) is 0 Å². The van der Waals surface area contributed by atoms with E-state index < -0.39 is 6.10 Å². The van der Waals surface area contributed by atoms with E-state index >= 15 is 0 Å². The molecule has 0 heterocycles. The third-order valence-corrected chi connectivity index (χ3v) is 8.64. The van der Waals surface area contributed by atoms with Crippen LogP contribution in [0.2, 0.25) is 0 Å². The third-order valence-electron chi connectivity index (χ3n) is 8.64. The first-order valence-electron chi connectivity index (χ1n) is 20.2. The van der Waals surface area contributed by atoms with Gasteiger partial charge in [0, 0.05) is 12.8 Å². The molecule has 0 aromatic rings. The van der Waals surface area contributed by atoms with Crippen LogP contribution in [0, 0.1) is 0 Å². The van der Waals surface area contributed by atoms with Crippen LogP contribution in [0.1, 0.15) is 194 Å². The minimum Gasteiger partial charge on any atom is -0.462 e. The highest BCUT2D eigenvalue weighted by Gasteiger charge is 2.16. The molecule has 0 aliphatic carbocycles. The first-order valence-corrected chi connectivity index (χ1v) is 20.2. The Bertz CT molecular complexity index is 812. The molecule has 0 aromatic carbocycles. The smallest absolute Gasteiger partial charge is 0.306 e. The van der Waals surface area contributed by atoms with E-state index in [1.165, 1.54) is 103 Å². The number of unbranched alkanes of at least 4 members (excludes halogenated alkanes) is 20. The monoisotopic (exact) mass is 673 g/mol. The molecule has 0 aliphatic rings. The number of hydrogen-bond acceptors (Lipinski definition) is 5. The van der Waals surface area contributed by atoms with Crippen LogP contribution in [-0.2, 0) is 19.1 Å². The van der Waals surface area contributed by atoms with Crippen molar-refractivity contribution in [2.45, 2.75) is 200 Å².